The van der Waals surface area contributed by atoms with Gasteiger partial charge in [-0.2, -0.15) is 10.1 Å². The highest BCUT2D eigenvalue weighted by molar-refractivity contribution is 5.59. The number of hydrogen-bond donors (Lipinski definition) is 2. The van der Waals surface area contributed by atoms with Gasteiger partial charge in [-0.05, 0) is 49.4 Å². The largest absolute Gasteiger partial charge is 0.372 e. The molecule has 3 rings (SSSR count). The Morgan fingerprint density at radius 3 is 2.62 bits per heavy atom. The van der Waals surface area contributed by atoms with Gasteiger partial charge in [-0.25, -0.2) is 0 Å². The molecule has 1 aromatic heterocycles. The second-order valence-corrected chi connectivity index (χ2v) is 7.14. The maximum absolute atomic E-state index is 4.48. The first-order valence-electron chi connectivity index (χ1n) is 9.80. The minimum Gasteiger partial charge on any atom is -0.372 e. The van der Waals surface area contributed by atoms with Crippen LogP contribution in [-0.2, 0) is 0 Å². The van der Waals surface area contributed by atoms with Crippen molar-refractivity contribution < 1.29 is 0 Å². The molecule has 2 aromatic rings. The lowest BCUT2D eigenvalue weighted by Gasteiger charge is -2.32. The Hall–Kier alpha value is -2.37. The Bertz CT molecular complexity index is 664. The van der Waals surface area contributed by atoms with E-state index in [9.17, 15) is 0 Å². The highest BCUT2D eigenvalue weighted by atomic mass is 15.3. The van der Waals surface area contributed by atoms with Crippen molar-refractivity contribution in [2.45, 2.75) is 46.0 Å². The van der Waals surface area contributed by atoms with Crippen LogP contribution in [0.3, 0.4) is 0 Å². The molecule has 140 valence electrons. The van der Waals surface area contributed by atoms with Gasteiger partial charge in [0.15, 0.2) is 5.82 Å². The van der Waals surface area contributed by atoms with Gasteiger partial charge >= 0.3 is 0 Å². The predicted octanol–water partition coefficient (Wildman–Crippen LogP) is 4.45. The summed E-state index contributed by atoms with van der Waals surface area (Å²) in [5, 5.41) is 14.6. The third-order valence-electron chi connectivity index (χ3n) is 4.92. The Kier molecular flexibility index (Phi) is 6.63. The maximum atomic E-state index is 4.48. The van der Waals surface area contributed by atoms with E-state index in [1.165, 1.54) is 31.4 Å². The van der Waals surface area contributed by atoms with E-state index in [1.807, 2.05) is 0 Å². The molecule has 0 aliphatic carbocycles. The number of rotatable bonds is 8. The van der Waals surface area contributed by atoms with Crippen molar-refractivity contribution in [3.05, 3.63) is 30.5 Å². The summed E-state index contributed by atoms with van der Waals surface area (Å²) in [5.74, 6) is 2.13. The number of benzene rings is 1. The molecule has 0 saturated carbocycles. The number of nitrogens with zero attached hydrogens (tertiary/aromatic N) is 4. The molecule has 1 saturated heterocycles. The van der Waals surface area contributed by atoms with Gasteiger partial charge in [-0.3, -0.25) is 0 Å². The third-order valence-corrected chi connectivity index (χ3v) is 4.92. The standard InChI is InChI=1S/C20H30N6/c1-3-4-5-12-21-19-15-22-25-20(24-19)23-17-6-8-18(9-7-17)26-13-10-16(2)11-14-26/h6-9,15-16H,3-5,10-14H2,1-2H3,(H2,21,23,24,25). The highest BCUT2D eigenvalue weighted by Crippen LogP contribution is 2.25. The SMILES string of the molecule is CCCCCNc1cnnc(Nc2ccc(N3CCC(C)CC3)cc2)n1. The van der Waals surface area contributed by atoms with Crippen molar-refractivity contribution in [2.24, 2.45) is 5.92 Å². The van der Waals surface area contributed by atoms with E-state index >= 15 is 0 Å². The zero-order chi connectivity index (χ0) is 18.2. The van der Waals surface area contributed by atoms with Gasteiger partial charge in [0.05, 0.1) is 6.20 Å². The minimum atomic E-state index is 0.519. The van der Waals surface area contributed by atoms with Crippen LogP contribution in [0.15, 0.2) is 30.5 Å². The van der Waals surface area contributed by atoms with Crippen LogP contribution in [-0.4, -0.2) is 34.8 Å². The molecular formula is C20H30N6. The summed E-state index contributed by atoms with van der Waals surface area (Å²) in [5.41, 5.74) is 2.26. The van der Waals surface area contributed by atoms with Gasteiger partial charge in [0.25, 0.3) is 0 Å². The molecule has 2 heterocycles. The Morgan fingerprint density at radius 1 is 1.12 bits per heavy atom. The van der Waals surface area contributed by atoms with Gasteiger partial charge in [0, 0.05) is 31.0 Å². The number of piperidine rings is 1. The molecule has 0 unspecified atom stereocenters. The minimum absolute atomic E-state index is 0.519. The normalized spacial score (nSPS) is 15.1. The molecule has 26 heavy (non-hydrogen) atoms. The Balaban J connectivity index is 1.55. The molecule has 6 heteroatoms. The molecule has 2 N–H and O–H groups in total. The predicted molar refractivity (Wildman–Crippen MR) is 108 cm³/mol. The summed E-state index contributed by atoms with van der Waals surface area (Å²) in [6.45, 7) is 7.74. The first kappa shape index (κ1) is 18.4. The molecule has 0 atom stereocenters. The van der Waals surface area contributed by atoms with Crippen LogP contribution in [0.2, 0.25) is 0 Å². The van der Waals surface area contributed by atoms with Crippen LogP contribution in [0.5, 0.6) is 0 Å². The van der Waals surface area contributed by atoms with Crippen LogP contribution in [0.25, 0.3) is 0 Å². The van der Waals surface area contributed by atoms with Gasteiger partial charge in [-0.15, -0.1) is 5.10 Å². The zero-order valence-electron chi connectivity index (χ0n) is 15.9. The maximum Gasteiger partial charge on any atom is 0.249 e. The quantitative estimate of drug-likeness (QED) is 0.683. The second kappa shape index (κ2) is 9.36. The van der Waals surface area contributed by atoms with Crippen molar-refractivity contribution in [1.82, 2.24) is 15.2 Å². The van der Waals surface area contributed by atoms with Crippen LogP contribution in [0.4, 0.5) is 23.1 Å². The first-order valence-corrected chi connectivity index (χ1v) is 9.80. The van der Waals surface area contributed by atoms with Gasteiger partial charge in [0.1, 0.15) is 0 Å². The number of nitrogens with one attached hydrogen (secondary N) is 2. The fourth-order valence-electron chi connectivity index (χ4n) is 3.18. The average Bonchev–Trinajstić information content (AvgIpc) is 2.67. The Morgan fingerprint density at radius 2 is 1.88 bits per heavy atom. The highest BCUT2D eigenvalue weighted by Gasteiger charge is 2.15. The number of unbranched alkanes of at least 4 members (excludes halogenated alkanes) is 2. The Labute approximate surface area is 156 Å². The summed E-state index contributed by atoms with van der Waals surface area (Å²) in [4.78, 5) is 6.94. The topological polar surface area (TPSA) is 66.0 Å². The smallest absolute Gasteiger partial charge is 0.249 e. The molecule has 1 fully saturated rings. The van der Waals surface area contributed by atoms with E-state index in [2.05, 4.69) is 68.8 Å². The monoisotopic (exact) mass is 354 g/mol. The van der Waals surface area contributed by atoms with Crippen LogP contribution in [0.1, 0.15) is 46.0 Å². The second-order valence-electron chi connectivity index (χ2n) is 7.14. The fourth-order valence-corrected chi connectivity index (χ4v) is 3.18. The molecule has 6 nitrogen and oxygen atoms in total. The first-order chi connectivity index (χ1) is 12.7. The average molecular weight is 355 g/mol. The lowest BCUT2D eigenvalue weighted by Crippen LogP contribution is -2.32. The summed E-state index contributed by atoms with van der Waals surface area (Å²) in [6, 6.07) is 8.49. The third kappa shape index (κ3) is 5.31. The molecule has 0 bridgehead atoms. The number of aromatic nitrogens is 3. The van der Waals surface area contributed by atoms with E-state index in [1.54, 1.807) is 6.20 Å². The van der Waals surface area contributed by atoms with Gasteiger partial charge in [-0.1, -0.05) is 26.7 Å². The number of anilines is 4. The molecule has 0 spiro atoms. The summed E-state index contributed by atoms with van der Waals surface area (Å²) in [6.07, 6.45) is 7.79. The molecular weight excluding hydrogens is 324 g/mol. The van der Waals surface area contributed by atoms with E-state index in [-0.39, 0.29) is 0 Å². The molecule has 1 aliphatic heterocycles. The zero-order valence-corrected chi connectivity index (χ0v) is 15.9. The van der Waals surface area contributed by atoms with Crippen molar-refractivity contribution >= 4 is 23.1 Å². The lowest BCUT2D eigenvalue weighted by atomic mass is 9.99. The molecule has 0 amide bonds. The number of hydrogen-bond acceptors (Lipinski definition) is 6. The van der Waals surface area contributed by atoms with Gasteiger partial charge < -0.3 is 15.5 Å². The van der Waals surface area contributed by atoms with Crippen molar-refractivity contribution in [3.8, 4) is 0 Å². The van der Waals surface area contributed by atoms with Crippen LogP contribution >= 0.6 is 0 Å². The summed E-state index contributed by atoms with van der Waals surface area (Å²) < 4.78 is 0. The lowest BCUT2D eigenvalue weighted by molar-refractivity contribution is 0.438. The van der Waals surface area contributed by atoms with Crippen molar-refractivity contribution in [3.63, 3.8) is 0 Å². The van der Waals surface area contributed by atoms with Crippen LogP contribution < -0.4 is 15.5 Å². The molecule has 0 radical (unpaired) electrons. The van der Waals surface area contributed by atoms with Crippen molar-refractivity contribution in [1.29, 1.82) is 0 Å². The van der Waals surface area contributed by atoms with Crippen LogP contribution in [0, 0.1) is 5.92 Å². The van der Waals surface area contributed by atoms with E-state index < -0.39 is 0 Å². The molecule has 1 aromatic carbocycles. The van der Waals surface area contributed by atoms with Crippen molar-refractivity contribution in [2.75, 3.05) is 35.2 Å². The summed E-state index contributed by atoms with van der Waals surface area (Å²) in [7, 11) is 0. The summed E-state index contributed by atoms with van der Waals surface area (Å²) >= 11 is 0. The van der Waals surface area contributed by atoms with E-state index in [4.69, 9.17) is 0 Å². The molecule has 1 aliphatic rings. The fraction of sp³-hybridized carbons (Fsp3) is 0.550. The van der Waals surface area contributed by atoms with E-state index in [0.717, 1.165) is 43.5 Å². The van der Waals surface area contributed by atoms with Gasteiger partial charge in [0.2, 0.25) is 5.95 Å². The van der Waals surface area contributed by atoms with E-state index in [0.29, 0.717) is 5.95 Å².